The number of rotatable bonds is 4. The van der Waals surface area contributed by atoms with E-state index >= 15 is 0 Å². The predicted molar refractivity (Wildman–Crippen MR) is 110 cm³/mol. The molecule has 1 aromatic heterocycles. The molecule has 2 fully saturated rings. The van der Waals surface area contributed by atoms with E-state index in [0.29, 0.717) is 18.7 Å². The summed E-state index contributed by atoms with van der Waals surface area (Å²) in [5, 5.41) is 12.9. The Balaban J connectivity index is 1.45. The number of benzene rings is 1. The molecular formula is C19H22FN5O5S. The van der Waals surface area contributed by atoms with Gasteiger partial charge in [-0.3, -0.25) is 10.2 Å². The first-order chi connectivity index (χ1) is 14.6. The summed E-state index contributed by atoms with van der Waals surface area (Å²) in [6, 6.07) is 5.60. The van der Waals surface area contributed by atoms with Crippen molar-refractivity contribution in [2.75, 3.05) is 30.5 Å². The fourth-order valence-corrected chi connectivity index (χ4v) is 5.32. The third kappa shape index (κ3) is 4.32. The maximum absolute atomic E-state index is 14.1. The molecule has 4 rings (SSSR count). The average molecular weight is 451 g/mol. The normalized spacial score (nSPS) is 22.8. The average Bonchev–Trinajstić information content (AvgIpc) is 3.19. The summed E-state index contributed by atoms with van der Waals surface area (Å²) in [4.78, 5) is 16.3. The molecule has 10 nitrogen and oxygen atoms in total. The van der Waals surface area contributed by atoms with Crippen LogP contribution in [-0.2, 0) is 10.2 Å². The second-order valence-corrected chi connectivity index (χ2v) is 9.55. The number of carbonyl (C=O) groups excluding carboxylic acids is 1. The minimum atomic E-state index is -3.49. The van der Waals surface area contributed by atoms with E-state index in [2.05, 4.69) is 10.3 Å². The zero-order valence-electron chi connectivity index (χ0n) is 16.9. The van der Waals surface area contributed by atoms with E-state index in [9.17, 15) is 22.8 Å². The van der Waals surface area contributed by atoms with Gasteiger partial charge in [0.2, 0.25) is 0 Å². The molecule has 2 aromatic rings. The number of hydrogen-bond acceptors (Lipinski definition) is 6. The van der Waals surface area contributed by atoms with Crippen LogP contribution in [0.5, 0.6) is 5.75 Å². The van der Waals surface area contributed by atoms with Crippen molar-refractivity contribution >= 4 is 27.6 Å². The summed E-state index contributed by atoms with van der Waals surface area (Å²) in [7, 11) is -1.97. The number of urea groups is 1. The maximum atomic E-state index is 14.1. The third-order valence-corrected chi connectivity index (χ3v) is 7.22. The quantitative estimate of drug-likeness (QED) is 0.543. The highest BCUT2D eigenvalue weighted by atomic mass is 32.2. The summed E-state index contributed by atoms with van der Waals surface area (Å²) >= 11 is 0. The van der Waals surface area contributed by atoms with Gasteiger partial charge in [0.1, 0.15) is 17.7 Å². The van der Waals surface area contributed by atoms with Crippen LogP contribution in [-0.4, -0.2) is 65.5 Å². The number of nitrogens with one attached hydrogen (secondary N) is 1. The highest BCUT2D eigenvalue weighted by molar-refractivity contribution is 7.87. The van der Waals surface area contributed by atoms with Gasteiger partial charge < -0.3 is 10.1 Å². The Morgan fingerprint density at radius 1 is 1.32 bits per heavy atom. The molecule has 2 N–H and O–H groups in total. The Morgan fingerprint density at radius 3 is 2.77 bits per heavy atom. The van der Waals surface area contributed by atoms with E-state index in [4.69, 9.17) is 4.74 Å². The minimum absolute atomic E-state index is 0.0794. The van der Waals surface area contributed by atoms with Crippen LogP contribution >= 0.6 is 0 Å². The van der Waals surface area contributed by atoms with Crippen LogP contribution in [0.15, 0.2) is 36.5 Å². The summed E-state index contributed by atoms with van der Waals surface area (Å²) in [6.45, 7) is 2.31. The first-order valence-electron chi connectivity index (χ1n) is 9.56. The molecule has 166 valence electrons. The Bertz CT molecular complexity index is 1100. The molecule has 2 aliphatic rings. The van der Waals surface area contributed by atoms with E-state index < -0.39 is 28.2 Å². The number of fused-ring (bicyclic) bond motifs is 1. The molecule has 0 saturated carbocycles. The smallest absolute Gasteiger partial charge is 0.350 e. The van der Waals surface area contributed by atoms with Crippen molar-refractivity contribution in [2.24, 2.45) is 0 Å². The number of aryl methyl sites for hydroxylation is 1. The number of pyridine rings is 1. The molecule has 0 aliphatic carbocycles. The van der Waals surface area contributed by atoms with Crippen molar-refractivity contribution in [1.29, 1.82) is 0 Å². The summed E-state index contributed by atoms with van der Waals surface area (Å²) in [6.07, 6.45) is 1.42. The molecule has 3 heterocycles. The van der Waals surface area contributed by atoms with Gasteiger partial charge in [-0.05, 0) is 19.1 Å². The zero-order chi connectivity index (χ0) is 22.3. The van der Waals surface area contributed by atoms with Crippen LogP contribution in [0, 0.1) is 12.7 Å². The third-order valence-electron chi connectivity index (χ3n) is 5.24. The van der Waals surface area contributed by atoms with Crippen molar-refractivity contribution in [2.45, 2.75) is 25.5 Å². The van der Waals surface area contributed by atoms with Crippen molar-refractivity contribution < 1.29 is 27.5 Å². The van der Waals surface area contributed by atoms with E-state index in [1.54, 1.807) is 19.1 Å². The molecule has 2 saturated heterocycles. The first kappa shape index (κ1) is 21.4. The van der Waals surface area contributed by atoms with Gasteiger partial charge in [0.05, 0.1) is 24.1 Å². The standard InChI is InChI=1S/C19H22FN5O5S/c1-12-3-4-14(9-21-12)22-19(26)25(27)15-5-13(20)6-17(7-15)30-18-8-16-10-23(2)31(28,29)24(16)11-18/h3-7,9,16,18,27H,8,10-11H2,1-2H3,(H,22,26)/t16-,18+/m0/s1. The van der Waals surface area contributed by atoms with E-state index in [1.807, 2.05) is 0 Å². The number of likely N-dealkylation sites (N-methyl/N-ethyl adjacent to an activating group) is 1. The summed E-state index contributed by atoms with van der Waals surface area (Å²) in [5.41, 5.74) is 0.983. The maximum Gasteiger partial charge on any atom is 0.350 e. The molecule has 1 aromatic carbocycles. The highest BCUT2D eigenvalue weighted by Crippen LogP contribution is 2.33. The second-order valence-electron chi connectivity index (χ2n) is 7.56. The fourth-order valence-electron chi connectivity index (χ4n) is 3.72. The SMILES string of the molecule is Cc1ccc(NC(=O)N(O)c2cc(F)cc(O[C@@H]3C[C@H]4CN(C)S(=O)(=O)N4C3)c2)cn1. The number of ether oxygens (including phenoxy) is 1. The summed E-state index contributed by atoms with van der Waals surface area (Å²) < 4.78 is 47.1. The van der Waals surface area contributed by atoms with Crippen LogP contribution in [0.4, 0.5) is 20.6 Å². The Morgan fingerprint density at radius 2 is 2.10 bits per heavy atom. The number of halogens is 1. The van der Waals surface area contributed by atoms with Crippen molar-refractivity contribution in [3.8, 4) is 5.75 Å². The molecule has 0 spiro atoms. The second kappa shape index (κ2) is 8.04. The lowest BCUT2D eigenvalue weighted by molar-refractivity contribution is 0.208. The largest absolute Gasteiger partial charge is 0.489 e. The fraction of sp³-hybridized carbons (Fsp3) is 0.368. The van der Waals surface area contributed by atoms with Crippen molar-refractivity contribution in [3.63, 3.8) is 0 Å². The molecule has 0 radical (unpaired) electrons. The Labute approximate surface area is 179 Å². The molecular weight excluding hydrogens is 429 g/mol. The van der Waals surface area contributed by atoms with E-state index in [1.165, 1.54) is 27.9 Å². The van der Waals surface area contributed by atoms with Crippen molar-refractivity contribution in [1.82, 2.24) is 13.6 Å². The van der Waals surface area contributed by atoms with Gasteiger partial charge in [0.15, 0.2) is 0 Å². The molecule has 0 bridgehead atoms. The number of hydroxylamine groups is 1. The van der Waals surface area contributed by atoms with Gasteiger partial charge in [-0.25, -0.2) is 9.18 Å². The first-order valence-corrected chi connectivity index (χ1v) is 11.0. The van der Waals surface area contributed by atoms with Gasteiger partial charge in [0.25, 0.3) is 10.2 Å². The van der Waals surface area contributed by atoms with Crippen molar-refractivity contribution in [3.05, 3.63) is 48.0 Å². The molecule has 0 unspecified atom stereocenters. The van der Waals surface area contributed by atoms with Gasteiger partial charge in [-0.2, -0.15) is 22.1 Å². The lowest BCUT2D eigenvalue weighted by Crippen LogP contribution is -2.34. The monoisotopic (exact) mass is 451 g/mol. The molecule has 12 heteroatoms. The highest BCUT2D eigenvalue weighted by Gasteiger charge is 2.48. The molecule has 2 aliphatic heterocycles. The number of nitrogens with zero attached hydrogens (tertiary/aromatic N) is 4. The number of aromatic nitrogens is 1. The van der Waals surface area contributed by atoms with Gasteiger partial charge in [-0.1, -0.05) is 0 Å². The van der Waals surface area contributed by atoms with E-state index in [0.717, 1.165) is 17.8 Å². The number of amides is 2. The van der Waals surface area contributed by atoms with Crippen LogP contribution in [0.25, 0.3) is 0 Å². The Kier molecular flexibility index (Phi) is 5.56. The van der Waals surface area contributed by atoms with Crippen LogP contribution in [0.2, 0.25) is 0 Å². The van der Waals surface area contributed by atoms with Crippen LogP contribution < -0.4 is 15.1 Å². The van der Waals surface area contributed by atoms with Gasteiger partial charge in [0, 0.05) is 49.9 Å². The number of hydrogen-bond donors (Lipinski definition) is 2. The predicted octanol–water partition coefficient (Wildman–Crippen LogP) is 1.97. The topological polar surface area (TPSA) is 115 Å². The molecule has 31 heavy (non-hydrogen) atoms. The summed E-state index contributed by atoms with van der Waals surface area (Å²) in [5.74, 6) is -0.641. The van der Waals surface area contributed by atoms with Gasteiger partial charge in [-0.15, -0.1) is 0 Å². The lowest BCUT2D eigenvalue weighted by atomic mass is 10.2. The lowest BCUT2D eigenvalue weighted by Gasteiger charge is -2.19. The zero-order valence-corrected chi connectivity index (χ0v) is 17.7. The number of carbonyl (C=O) groups is 1. The Hall–Kier alpha value is -2.80. The molecule has 2 amide bonds. The number of anilines is 2. The van der Waals surface area contributed by atoms with E-state index in [-0.39, 0.29) is 29.1 Å². The van der Waals surface area contributed by atoms with Crippen LogP contribution in [0.3, 0.4) is 0 Å². The minimum Gasteiger partial charge on any atom is -0.489 e. The van der Waals surface area contributed by atoms with Crippen LogP contribution in [0.1, 0.15) is 12.1 Å². The molecule has 2 atom stereocenters. The van der Waals surface area contributed by atoms with Gasteiger partial charge >= 0.3 is 6.03 Å².